The van der Waals surface area contributed by atoms with Gasteiger partial charge in [-0.15, -0.1) is 34.2 Å². The van der Waals surface area contributed by atoms with Crippen molar-refractivity contribution in [3.05, 3.63) is 5.82 Å². The zero-order chi connectivity index (χ0) is 21.9. The molecule has 1 aromatic heterocycles. The van der Waals surface area contributed by atoms with Crippen LogP contribution in [0.3, 0.4) is 0 Å². The fourth-order valence-corrected chi connectivity index (χ4v) is 4.16. The van der Waals surface area contributed by atoms with Crippen LogP contribution in [0.4, 0.5) is 0 Å². The predicted molar refractivity (Wildman–Crippen MR) is 137 cm³/mol. The normalized spacial score (nSPS) is 15.2. The molecule has 1 aliphatic rings. The smallest absolute Gasteiger partial charge is 0.309 e. The van der Waals surface area contributed by atoms with Crippen molar-refractivity contribution >= 4 is 47.7 Å². The van der Waals surface area contributed by atoms with Crippen molar-refractivity contribution in [2.24, 2.45) is 16.8 Å². The van der Waals surface area contributed by atoms with Crippen molar-refractivity contribution in [1.82, 2.24) is 25.0 Å². The summed E-state index contributed by atoms with van der Waals surface area (Å²) in [5.41, 5.74) is 0. The third-order valence-corrected chi connectivity index (χ3v) is 5.76. The average molecular weight is 567 g/mol. The van der Waals surface area contributed by atoms with Crippen molar-refractivity contribution in [2.45, 2.75) is 65.1 Å². The second kappa shape index (κ2) is 14.9. The molecule has 0 saturated carbocycles. The molecule has 2 rings (SSSR count). The van der Waals surface area contributed by atoms with Gasteiger partial charge in [0.15, 0.2) is 11.1 Å². The van der Waals surface area contributed by atoms with Gasteiger partial charge in [0.05, 0.1) is 12.5 Å². The molecule has 0 spiro atoms. The van der Waals surface area contributed by atoms with E-state index in [0.717, 1.165) is 75.3 Å². The predicted octanol–water partition coefficient (Wildman–Crippen LogP) is 3.45. The van der Waals surface area contributed by atoms with Crippen molar-refractivity contribution < 1.29 is 9.53 Å². The van der Waals surface area contributed by atoms with Crippen molar-refractivity contribution in [3.63, 3.8) is 0 Å². The second-order valence-electron chi connectivity index (χ2n) is 7.96. The number of aliphatic imine (C=N–C) groups is 1. The molecule has 0 unspecified atom stereocenters. The van der Waals surface area contributed by atoms with Crippen molar-refractivity contribution in [1.29, 1.82) is 0 Å². The van der Waals surface area contributed by atoms with Crippen molar-refractivity contribution in [3.8, 4) is 0 Å². The minimum atomic E-state index is -0.0609. The van der Waals surface area contributed by atoms with E-state index in [1.807, 2.05) is 13.2 Å². The van der Waals surface area contributed by atoms with Gasteiger partial charge in [-0.2, -0.15) is 0 Å². The van der Waals surface area contributed by atoms with Gasteiger partial charge < -0.3 is 19.5 Å². The van der Waals surface area contributed by atoms with Crippen LogP contribution in [0, 0.1) is 11.8 Å². The molecule has 0 radical (unpaired) electrons. The van der Waals surface area contributed by atoms with Crippen LogP contribution < -0.4 is 5.32 Å². The maximum atomic E-state index is 12.0. The molecule has 2 heterocycles. The molecule has 0 amide bonds. The van der Waals surface area contributed by atoms with Crippen LogP contribution in [0.15, 0.2) is 10.1 Å². The van der Waals surface area contributed by atoms with Gasteiger partial charge in [-0.3, -0.25) is 9.79 Å². The van der Waals surface area contributed by atoms with Gasteiger partial charge in [-0.1, -0.05) is 25.6 Å². The van der Waals surface area contributed by atoms with E-state index in [1.54, 1.807) is 11.8 Å². The third-order valence-electron chi connectivity index (χ3n) is 5.09. The topological polar surface area (TPSA) is 84.6 Å². The Kier molecular flexibility index (Phi) is 13.5. The standard InChI is InChI=1S/C21H38N6O2S.HI/c1-6-22-20(26-13-10-17(11-14-26)19(28)29-7-2)23-12-8-9-18-24-25-21(30-5)27(18)15-16(3)4;/h16-17H,6-15H2,1-5H3,(H,22,23);1H. The largest absolute Gasteiger partial charge is 0.466 e. The zero-order valence-electron chi connectivity index (χ0n) is 19.6. The molecule has 0 atom stereocenters. The van der Waals surface area contributed by atoms with E-state index in [1.165, 1.54) is 0 Å². The molecule has 0 aromatic carbocycles. The number of hydrogen-bond acceptors (Lipinski definition) is 6. The Labute approximate surface area is 208 Å². The SMILES string of the molecule is CCNC(=NCCCc1nnc(SC)n1CC(C)C)N1CCC(C(=O)OCC)CC1.I. The third kappa shape index (κ3) is 8.78. The molecular formula is C21H39IN6O2S. The van der Waals surface area contributed by atoms with E-state index in [0.29, 0.717) is 12.5 Å². The molecule has 1 N–H and O–H groups in total. The van der Waals surface area contributed by atoms with Crippen LogP contribution in [0.5, 0.6) is 0 Å². The van der Waals surface area contributed by atoms with Crippen LogP contribution >= 0.6 is 35.7 Å². The van der Waals surface area contributed by atoms with E-state index in [4.69, 9.17) is 9.73 Å². The van der Waals surface area contributed by atoms with Gasteiger partial charge in [-0.05, 0) is 45.3 Å². The summed E-state index contributed by atoms with van der Waals surface area (Å²) in [5, 5.41) is 13.1. The Balaban J connectivity index is 0.00000480. The molecule has 1 fully saturated rings. The lowest BCUT2D eigenvalue weighted by Gasteiger charge is -2.33. The Bertz CT molecular complexity index is 689. The highest BCUT2D eigenvalue weighted by Crippen LogP contribution is 2.19. The molecule has 0 bridgehead atoms. The number of aryl methyl sites for hydroxylation is 1. The number of ether oxygens (including phenoxy) is 1. The summed E-state index contributed by atoms with van der Waals surface area (Å²) in [6.07, 6.45) is 5.48. The first-order chi connectivity index (χ1) is 14.5. The summed E-state index contributed by atoms with van der Waals surface area (Å²) in [4.78, 5) is 19.0. The Morgan fingerprint density at radius 1 is 1.29 bits per heavy atom. The number of guanidine groups is 1. The summed E-state index contributed by atoms with van der Waals surface area (Å²) in [7, 11) is 0. The molecule has 0 aliphatic carbocycles. The molecule has 1 saturated heterocycles. The highest BCUT2D eigenvalue weighted by atomic mass is 127. The summed E-state index contributed by atoms with van der Waals surface area (Å²) in [5.74, 6) is 2.49. The molecule has 1 aromatic rings. The van der Waals surface area contributed by atoms with Gasteiger partial charge >= 0.3 is 5.97 Å². The minimum Gasteiger partial charge on any atom is -0.466 e. The summed E-state index contributed by atoms with van der Waals surface area (Å²) in [6, 6.07) is 0. The number of carbonyl (C=O) groups excluding carboxylic acids is 1. The van der Waals surface area contributed by atoms with Gasteiger partial charge in [0, 0.05) is 39.1 Å². The highest BCUT2D eigenvalue weighted by Gasteiger charge is 2.27. The number of aromatic nitrogens is 3. The number of esters is 1. The first-order valence-corrected chi connectivity index (χ1v) is 12.4. The van der Waals surface area contributed by atoms with Gasteiger partial charge in [-0.25, -0.2) is 0 Å². The number of likely N-dealkylation sites (tertiary alicyclic amines) is 1. The number of thioether (sulfide) groups is 1. The van der Waals surface area contributed by atoms with Crippen LogP contribution in [0.1, 0.15) is 52.8 Å². The van der Waals surface area contributed by atoms with Crippen LogP contribution in [0.2, 0.25) is 0 Å². The Morgan fingerprint density at radius 2 is 2.00 bits per heavy atom. The second-order valence-corrected chi connectivity index (χ2v) is 8.73. The first-order valence-electron chi connectivity index (χ1n) is 11.2. The van der Waals surface area contributed by atoms with Crippen LogP contribution in [-0.4, -0.2) is 70.6 Å². The molecule has 31 heavy (non-hydrogen) atoms. The summed E-state index contributed by atoms with van der Waals surface area (Å²) >= 11 is 1.65. The minimum absolute atomic E-state index is 0. The fraction of sp³-hybridized carbons (Fsp3) is 0.810. The molecule has 1 aliphatic heterocycles. The maximum Gasteiger partial charge on any atom is 0.309 e. The zero-order valence-corrected chi connectivity index (χ0v) is 22.7. The Hall–Kier alpha value is -1.04. The average Bonchev–Trinajstić information content (AvgIpc) is 3.11. The first kappa shape index (κ1) is 28.0. The van der Waals surface area contributed by atoms with E-state index in [9.17, 15) is 4.79 Å². The number of rotatable bonds is 10. The molecule has 178 valence electrons. The Morgan fingerprint density at radius 3 is 2.58 bits per heavy atom. The maximum absolute atomic E-state index is 12.0. The lowest BCUT2D eigenvalue weighted by molar-refractivity contribution is -0.149. The molecular weight excluding hydrogens is 527 g/mol. The monoisotopic (exact) mass is 566 g/mol. The highest BCUT2D eigenvalue weighted by molar-refractivity contribution is 14.0. The lowest BCUT2D eigenvalue weighted by Crippen LogP contribution is -2.46. The van der Waals surface area contributed by atoms with E-state index >= 15 is 0 Å². The van der Waals surface area contributed by atoms with E-state index < -0.39 is 0 Å². The number of hydrogen-bond donors (Lipinski definition) is 1. The number of halogens is 1. The van der Waals surface area contributed by atoms with Gasteiger partial charge in [0.25, 0.3) is 0 Å². The number of carbonyl (C=O) groups is 1. The summed E-state index contributed by atoms with van der Waals surface area (Å²) < 4.78 is 7.41. The van der Waals surface area contributed by atoms with Gasteiger partial charge in [0.1, 0.15) is 5.82 Å². The van der Waals surface area contributed by atoms with Crippen LogP contribution in [-0.2, 0) is 22.5 Å². The molecule has 8 nitrogen and oxygen atoms in total. The number of nitrogens with zero attached hydrogens (tertiary/aromatic N) is 5. The van der Waals surface area contributed by atoms with E-state index in [-0.39, 0.29) is 35.9 Å². The van der Waals surface area contributed by atoms with Crippen LogP contribution in [0.25, 0.3) is 0 Å². The molecule has 10 heteroatoms. The fourth-order valence-electron chi connectivity index (χ4n) is 3.64. The van der Waals surface area contributed by atoms with Gasteiger partial charge in [0.2, 0.25) is 0 Å². The lowest BCUT2D eigenvalue weighted by atomic mass is 9.97. The number of piperidine rings is 1. The van der Waals surface area contributed by atoms with E-state index in [2.05, 4.69) is 45.8 Å². The number of nitrogens with one attached hydrogen (secondary N) is 1. The van der Waals surface area contributed by atoms with Crippen molar-refractivity contribution in [2.75, 3.05) is 39.0 Å². The summed E-state index contributed by atoms with van der Waals surface area (Å²) in [6.45, 7) is 13.0. The quantitative estimate of drug-likeness (QED) is 0.116.